The van der Waals surface area contributed by atoms with Gasteiger partial charge >= 0.3 is 0 Å². The fraction of sp³-hybridized carbons (Fsp3) is 0.552. The minimum atomic E-state index is -1.47. The number of nitrogens with one attached hydrogen (secondary N) is 1. The van der Waals surface area contributed by atoms with Gasteiger partial charge in [0.1, 0.15) is 17.7 Å². The maximum atomic E-state index is 15.6. The number of anilines is 1. The van der Waals surface area contributed by atoms with Gasteiger partial charge in [-0.2, -0.15) is 5.10 Å². The van der Waals surface area contributed by atoms with Gasteiger partial charge in [-0.15, -0.1) is 0 Å². The number of nitrogens with zero attached hydrogens (tertiary/aromatic N) is 3. The molecule has 0 bridgehead atoms. The highest BCUT2D eigenvalue weighted by molar-refractivity contribution is 6.04. The Morgan fingerprint density at radius 2 is 1.87 bits per heavy atom. The number of aromatic nitrogens is 2. The van der Waals surface area contributed by atoms with Crippen LogP contribution >= 0.6 is 0 Å². The van der Waals surface area contributed by atoms with E-state index in [1.165, 1.54) is 0 Å². The quantitative estimate of drug-likeness (QED) is 0.609. The van der Waals surface area contributed by atoms with E-state index in [-0.39, 0.29) is 29.4 Å². The van der Waals surface area contributed by atoms with Gasteiger partial charge < -0.3 is 19.7 Å². The lowest BCUT2D eigenvalue weighted by Crippen LogP contribution is -2.40. The molecular formula is C29H37FN4O4. The molecule has 2 saturated heterocycles. The van der Waals surface area contributed by atoms with Crippen molar-refractivity contribution in [3.8, 4) is 0 Å². The maximum Gasteiger partial charge on any atom is 0.253 e. The Hall–Kier alpha value is -3.20. The van der Waals surface area contributed by atoms with Crippen molar-refractivity contribution in [2.24, 2.45) is 18.9 Å². The van der Waals surface area contributed by atoms with E-state index in [2.05, 4.69) is 10.4 Å². The minimum absolute atomic E-state index is 0.177. The van der Waals surface area contributed by atoms with Crippen LogP contribution in [0.3, 0.4) is 0 Å². The molecule has 0 saturated carbocycles. The van der Waals surface area contributed by atoms with Gasteiger partial charge in [0.05, 0.1) is 23.2 Å². The van der Waals surface area contributed by atoms with Crippen LogP contribution in [0.1, 0.15) is 53.4 Å². The molecule has 0 aromatic carbocycles. The molecule has 0 spiro atoms. The van der Waals surface area contributed by atoms with Gasteiger partial charge in [0, 0.05) is 55.9 Å². The molecule has 9 heteroatoms. The number of fused-ring (bicyclic) bond motifs is 1. The number of hydrogen-bond acceptors (Lipinski definition) is 5. The van der Waals surface area contributed by atoms with Crippen molar-refractivity contribution in [1.82, 2.24) is 14.7 Å². The van der Waals surface area contributed by atoms with E-state index < -0.39 is 17.7 Å². The van der Waals surface area contributed by atoms with Gasteiger partial charge in [0.15, 0.2) is 5.82 Å². The van der Waals surface area contributed by atoms with Crippen molar-refractivity contribution in [2.75, 3.05) is 18.4 Å². The second-order valence-electron chi connectivity index (χ2n) is 11.4. The van der Waals surface area contributed by atoms with Crippen LogP contribution in [0.5, 0.6) is 0 Å². The fourth-order valence-electron chi connectivity index (χ4n) is 5.76. The Morgan fingerprint density at radius 1 is 1.13 bits per heavy atom. The number of halogens is 1. The number of carbonyl (C=O) groups excluding carboxylic acids is 2. The average Bonchev–Trinajstić information content (AvgIpc) is 3.45. The van der Waals surface area contributed by atoms with Crippen molar-refractivity contribution in [3.63, 3.8) is 0 Å². The van der Waals surface area contributed by atoms with Crippen molar-refractivity contribution in [3.05, 3.63) is 58.7 Å². The molecule has 2 aliphatic heterocycles. The third kappa shape index (κ3) is 5.08. The van der Waals surface area contributed by atoms with Gasteiger partial charge in [0.2, 0.25) is 0 Å². The summed E-state index contributed by atoms with van der Waals surface area (Å²) in [5, 5.41) is 7.09. The smallest absolute Gasteiger partial charge is 0.253 e. The maximum absolute atomic E-state index is 15.6. The van der Waals surface area contributed by atoms with Crippen LogP contribution in [-0.2, 0) is 26.1 Å². The summed E-state index contributed by atoms with van der Waals surface area (Å²) in [4.78, 5) is 28.0. The number of likely N-dealkylation sites (tertiary alicyclic amines) is 1. The summed E-state index contributed by atoms with van der Waals surface area (Å²) in [6.45, 7) is 9.06. The van der Waals surface area contributed by atoms with Crippen LogP contribution in [0.4, 0.5) is 10.2 Å². The van der Waals surface area contributed by atoms with E-state index in [9.17, 15) is 9.59 Å². The number of allylic oxidation sites excluding steroid dienone is 4. The van der Waals surface area contributed by atoms with Crippen LogP contribution in [0.25, 0.3) is 0 Å². The number of piperidine rings is 1. The second kappa shape index (κ2) is 10.2. The zero-order valence-electron chi connectivity index (χ0n) is 22.8. The van der Waals surface area contributed by atoms with Gasteiger partial charge in [0.25, 0.3) is 11.8 Å². The van der Waals surface area contributed by atoms with E-state index in [1.807, 2.05) is 20.8 Å². The Balaban J connectivity index is 1.43. The number of aryl methyl sites for hydroxylation is 1. The first-order valence-electron chi connectivity index (χ1n) is 13.5. The molecule has 204 valence electrons. The molecule has 1 aromatic rings. The second-order valence-corrected chi connectivity index (χ2v) is 11.4. The monoisotopic (exact) mass is 524 g/mol. The van der Waals surface area contributed by atoms with Crippen molar-refractivity contribution >= 4 is 17.6 Å². The molecule has 2 amide bonds. The van der Waals surface area contributed by atoms with Crippen LogP contribution in [0.15, 0.2) is 58.7 Å². The first-order valence-corrected chi connectivity index (χ1v) is 13.5. The lowest BCUT2D eigenvalue weighted by molar-refractivity contribution is -0.129. The molecule has 1 aromatic heterocycles. The molecule has 4 unspecified atom stereocenters. The minimum Gasteiger partial charge on any atom is -0.461 e. The largest absolute Gasteiger partial charge is 0.461 e. The molecule has 0 radical (unpaired) electrons. The van der Waals surface area contributed by atoms with E-state index >= 15 is 4.39 Å². The SMILES string of the molecule is CC1C(OC2=C3CC(C)(C)OC3C(C)C(C(=O)Nc3ccn(C)n3)=C2)=CC=C(C(=O)N2CCCCC2)C1F. The molecule has 38 heavy (non-hydrogen) atoms. The number of hydrogen-bond donors (Lipinski definition) is 1. The summed E-state index contributed by atoms with van der Waals surface area (Å²) in [5.74, 6) is 0.0198. The van der Waals surface area contributed by atoms with Crippen molar-refractivity contribution < 1.29 is 23.5 Å². The highest BCUT2D eigenvalue weighted by atomic mass is 19.1. The van der Waals surface area contributed by atoms with Gasteiger partial charge in [-0.1, -0.05) is 13.8 Å². The summed E-state index contributed by atoms with van der Waals surface area (Å²) >= 11 is 0. The van der Waals surface area contributed by atoms with E-state index in [0.29, 0.717) is 42.4 Å². The average molecular weight is 525 g/mol. The third-order valence-corrected chi connectivity index (χ3v) is 7.90. The number of rotatable bonds is 5. The molecular weight excluding hydrogens is 487 g/mol. The van der Waals surface area contributed by atoms with Crippen LogP contribution in [0, 0.1) is 11.8 Å². The summed E-state index contributed by atoms with van der Waals surface area (Å²) in [7, 11) is 1.78. The summed E-state index contributed by atoms with van der Waals surface area (Å²) in [5.41, 5.74) is 1.22. The Bertz CT molecular complexity index is 1250. The summed E-state index contributed by atoms with van der Waals surface area (Å²) in [6.07, 6.45) is 8.59. The van der Waals surface area contributed by atoms with Gasteiger partial charge in [-0.05, 0) is 51.3 Å². The predicted octanol–water partition coefficient (Wildman–Crippen LogP) is 4.58. The fourth-order valence-corrected chi connectivity index (χ4v) is 5.76. The molecule has 8 nitrogen and oxygen atoms in total. The van der Waals surface area contributed by atoms with E-state index in [1.54, 1.807) is 54.0 Å². The number of alkyl halides is 1. The van der Waals surface area contributed by atoms with Crippen molar-refractivity contribution in [2.45, 2.75) is 71.3 Å². The standard InChI is InChI=1S/C29H37FN4O4/c1-17-20(27(35)31-24-11-14-33(5)32-24)15-23(21-16-29(3,4)38-26(17)21)37-22-10-9-19(25(30)18(22)2)28(36)34-12-7-6-8-13-34/h9-11,14-15,17-18,25-26H,6-8,12-13,16H2,1-5H3,(H,31,32,35). The predicted molar refractivity (Wildman–Crippen MR) is 141 cm³/mol. The molecule has 1 N–H and O–H groups in total. The summed E-state index contributed by atoms with van der Waals surface area (Å²) in [6, 6.07) is 1.73. The zero-order valence-corrected chi connectivity index (χ0v) is 22.8. The zero-order chi connectivity index (χ0) is 27.2. The first-order chi connectivity index (χ1) is 18.0. The van der Waals surface area contributed by atoms with Gasteiger partial charge in [-0.3, -0.25) is 14.3 Å². The molecule has 4 aliphatic rings. The molecule has 3 heterocycles. The number of amides is 2. The molecule has 2 aliphatic carbocycles. The molecule has 4 atom stereocenters. The Labute approximate surface area is 223 Å². The highest BCUT2D eigenvalue weighted by Gasteiger charge is 2.46. The van der Waals surface area contributed by atoms with Crippen LogP contribution in [-0.4, -0.2) is 57.5 Å². The van der Waals surface area contributed by atoms with Crippen molar-refractivity contribution in [1.29, 1.82) is 0 Å². The Morgan fingerprint density at radius 3 is 2.55 bits per heavy atom. The summed E-state index contributed by atoms with van der Waals surface area (Å²) < 4.78 is 29.9. The third-order valence-electron chi connectivity index (χ3n) is 7.90. The Kier molecular flexibility index (Phi) is 7.07. The van der Waals surface area contributed by atoms with Crippen LogP contribution in [0.2, 0.25) is 0 Å². The topological polar surface area (TPSA) is 85.7 Å². The highest BCUT2D eigenvalue weighted by Crippen LogP contribution is 2.46. The lowest BCUT2D eigenvalue weighted by atomic mass is 9.83. The van der Waals surface area contributed by atoms with E-state index in [0.717, 1.165) is 24.8 Å². The lowest BCUT2D eigenvalue weighted by Gasteiger charge is -2.33. The molecule has 2 fully saturated rings. The number of carbonyl (C=O) groups is 2. The van der Waals surface area contributed by atoms with Crippen LogP contribution < -0.4 is 5.32 Å². The normalized spacial score (nSPS) is 28.8. The van der Waals surface area contributed by atoms with Gasteiger partial charge in [-0.25, -0.2) is 4.39 Å². The number of ether oxygens (including phenoxy) is 2. The molecule has 5 rings (SSSR count). The van der Waals surface area contributed by atoms with E-state index in [4.69, 9.17) is 9.47 Å². The first kappa shape index (κ1) is 26.4.